The van der Waals surface area contributed by atoms with E-state index in [4.69, 9.17) is 11.6 Å². The lowest BCUT2D eigenvalue weighted by Gasteiger charge is -2.32. The molecule has 10 heteroatoms. The molecule has 3 rings (SSSR count). The minimum Gasteiger partial charge on any atom is -0.477 e. The average molecular weight is 492 g/mol. The molecule has 0 amide bonds. The van der Waals surface area contributed by atoms with Crippen LogP contribution in [-0.4, -0.2) is 50.6 Å². The predicted molar refractivity (Wildman–Crippen MR) is 128 cm³/mol. The van der Waals surface area contributed by atoms with Crippen LogP contribution in [-0.2, 0) is 6.42 Å². The largest absolute Gasteiger partial charge is 0.477 e. The third-order valence-corrected chi connectivity index (χ3v) is 5.93. The van der Waals surface area contributed by atoms with Crippen molar-refractivity contribution in [3.8, 4) is 0 Å². The maximum absolute atomic E-state index is 14.6. The van der Waals surface area contributed by atoms with Crippen molar-refractivity contribution in [2.45, 2.75) is 33.2 Å². The minimum atomic E-state index is -1.41. The van der Waals surface area contributed by atoms with E-state index in [1.54, 1.807) is 12.1 Å². The Hall–Kier alpha value is -3.01. The number of halogens is 2. The summed E-state index contributed by atoms with van der Waals surface area (Å²) in [6.07, 6.45) is 1.21. The van der Waals surface area contributed by atoms with Gasteiger partial charge in [-0.05, 0) is 28.7 Å². The molecule has 1 aromatic carbocycles. The van der Waals surface area contributed by atoms with Gasteiger partial charge in [-0.3, -0.25) is 4.79 Å². The predicted octanol–water partition coefficient (Wildman–Crippen LogP) is 3.46. The van der Waals surface area contributed by atoms with Crippen LogP contribution in [0.2, 0.25) is 5.02 Å². The van der Waals surface area contributed by atoms with Crippen LogP contribution < -0.4 is 10.7 Å². The number of carboxylic acids is 1. The molecule has 0 radical (unpaired) electrons. The molecule has 8 nitrogen and oxygen atoms in total. The summed E-state index contributed by atoms with van der Waals surface area (Å²) in [7, 11) is 0. The summed E-state index contributed by atoms with van der Waals surface area (Å²) in [4.78, 5) is 29.5. The number of nitrogens with one attached hydrogen (secondary N) is 1. The Kier molecular flexibility index (Phi) is 7.60. The van der Waals surface area contributed by atoms with Crippen LogP contribution in [0.5, 0.6) is 0 Å². The average Bonchev–Trinajstić information content (AvgIpc) is 2.76. The van der Waals surface area contributed by atoms with Gasteiger partial charge in [0.25, 0.3) is 0 Å². The van der Waals surface area contributed by atoms with E-state index in [1.807, 2.05) is 20.8 Å². The molecule has 0 aliphatic rings. The number of hydrogen-bond acceptors (Lipinski definition) is 6. The van der Waals surface area contributed by atoms with Crippen molar-refractivity contribution in [3.05, 3.63) is 68.2 Å². The minimum absolute atomic E-state index is 0.0164. The number of pyridine rings is 2. The number of aromatic nitrogens is 2. The number of fused-ring (bicyclic) bond motifs is 1. The molecule has 0 spiro atoms. The first-order valence-corrected chi connectivity index (χ1v) is 11.1. The number of aliphatic hydroxyl groups is 2. The van der Waals surface area contributed by atoms with Gasteiger partial charge in [0.1, 0.15) is 22.8 Å². The second-order valence-electron chi connectivity index (χ2n) is 9.06. The zero-order chi connectivity index (χ0) is 25.2. The molecular formula is C24H27ClFN3O5. The second kappa shape index (κ2) is 10.1. The van der Waals surface area contributed by atoms with E-state index in [1.165, 1.54) is 22.9 Å². The molecule has 3 aromatic rings. The van der Waals surface area contributed by atoms with Gasteiger partial charge in [0, 0.05) is 19.2 Å². The zero-order valence-electron chi connectivity index (χ0n) is 19.1. The summed E-state index contributed by atoms with van der Waals surface area (Å²) in [6.45, 7) is 5.25. The quantitative estimate of drug-likeness (QED) is 0.380. The molecule has 0 aliphatic heterocycles. The van der Waals surface area contributed by atoms with Crippen molar-refractivity contribution in [1.29, 1.82) is 0 Å². The van der Waals surface area contributed by atoms with Gasteiger partial charge in [-0.2, -0.15) is 0 Å². The Morgan fingerprint density at radius 2 is 1.97 bits per heavy atom. The van der Waals surface area contributed by atoms with Gasteiger partial charge in [0.2, 0.25) is 5.43 Å². The third-order valence-electron chi connectivity index (χ3n) is 5.64. The molecule has 2 aromatic heterocycles. The summed E-state index contributed by atoms with van der Waals surface area (Å²) < 4.78 is 16.1. The highest BCUT2D eigenvalue weighted by Crippen LogP contribution is 2.33. The molecule has 0 bridgehead atoms. The molecule has 1 atom stereocenters. The lowest BCUT2D eigenvalue weighted by Crippen LogP contribution is -2.31. The summed E-state index contributed by atoms with van der Waals surface area (Å²) in [6, 6.07) is 5.45. The van der Waals surface area contributed by atoms with Crippen LogP contribution in [0.15, 0.2) is 35.3 Å². The van der Waals surface area contributed by atoms with Crippen molar-refractivity contribution in [1.82, 2.24) is 9.55 Å². The topological polar surface area (TPSA) is 125 Å². The molecule has 182 valence electrons. The molecule has 4 N–H and O–H groups in total. The highest BCUT2D eigenvalue weighted by molar-refractivity contribution is 6.30. The number of carboxylic acid groups (broad SMARTS) is 1. The Bertz CT molecular complexity index is 1290. The van der Waals surface area contributed by atoms with Gasteiger partial charge in [0.15, 0.2) is 0 Å². The number of aromatic carboxylic acids is 1. The highest BCUT2D eigenvalue weighted by atomic mass is 35.5. The maximum Gasteiger partial charge on any atom is 0.341 e. The number of carbonyl (C=O) groups is 1. The first-order valence-electron chi connectivity index (χ1n) is 10.7. The van der Waals surface area contributed by atoms with E-state index >= 15 is 0 Å². The number of nitrogens with zero attached hydrogens (tertiary/aromatic N) is 2. The van der Waals surface area contributed by atoms with Gasteiger partial charge < -0.3 is 25.2 Å². The van der Waals surface area contributed by atoms with Crippen LogP contribution >= 0.6 is 11.6 Å². The summed E-state index contributed by atoms with van der Waals surface area (Å²) in [5.41, 5.74) is -0.857. The number of benzene rings is 1. The monoisotopic (exact) mass is 491 g/mol. The summed E-state index contributed by atoms with van der Waals surface area (Å²) in [5.74, 6) is -1.72. The van der Waals surface area contributed by atoms with Crippen LogP contribution in [0.25, 0.3) is 11.0 Å². The number of anilines is 1. The van der Waals surface area contributed by atoms with E-state index in [0.717, 1.165) is 0 Å². The van der Waals surface area contributed by atoms with Crippen molar-refractivity contribution in [2.24, 2.45) is 5.41 Å². The molecule has 1 unspecified atom stereocenters. The van der Waals surface area contributed by atoms with E-state index < -0.39 is 34.2 Å². The van der Waals surface area contributed by atoms with E-state index in [2.05, 4.69) is 10.3 Å². The van der Waals surface area contributed by atoms with Crippen LogP contribution in [0.1, 0.15) is 48.3 Å². The van der Waals surface area contributed by atoms with Crippen LogP contribution in [0, 0.1) is 11.2 Å². The Labute approximate surface area is 200 Å². The molecule has 0 aliphatic carbocycles. The molecule has 0 fully saturated rings. The fourth-order valence-electron chi connectivity index (χ4n) is 3.83. The Morgan fingerprint density at radius 1 is 1.26 bits per heavy atom. The normalized spacial score (nSPS) is 12.7. The number of rotatable bonds is 8. The van der Waals surface area contributed by atoms with Gasteiger partial charge >= 0.3 is 5.97 Å². The van der Waals surface area contributed by atoms with Crippen molar-refractivity contribution in [3.63, 3.8) is 0 Å². The van der Waals surface area contributed by atoms with Crippen LogP contribution in [0.3, 0.4) is 0 Å². The fraction of sp³-hybridized carbons (Fsp3) is 0.375. The first-order chi connectivity index (χ1) is 16.0. The van der Waals surface area contributed by atoms with Gasteiger partial charge in [-0.25, -0.2) is 14.2 Å². The van der Waals surface area contributed by atoms with E-state index in [-0.39, 0.29) is 47.8 Å². The van der Waals surface area contributed by atoms with Gasteiger partial charge in [-0.1, -0.05) is 44.5 Å². The van der Waals surface area contributed by atoms with Crippen molar-refractivity contribution < 1.29 is 24.5 Å². The molecule has 2 heterocycles. The Balaban J connectivity index is 2.35. The van der Waals surface area contributed by atoms with Crippen LogP contribution in [0.4, 0.5) is 10.2 Å². The third kappa shape index (κ3) is 5.06. The second-order valence-corrected chi connectivity index (χ2v) is 9.46. The van der Waals surface area contributed by atoms with Crippen molar-refractivity contribution >= 4 is 34.4 Å². The standard InChI is InChI=1S/C24H27ClFN3O5/c1-24(2,3)18(12-31)29-11-16(23(33)34)20(32)15-10-14(21(27-7-8-30)28-22(15)29)9-13-5-4-6-17(25)19(13)26/h4-6,10-11,18,30-31H,7-9,12H2,1-3H3,(H,27,28)(H,33,34). The number of hydrogen-bond donors (Lipinski definition) is 4. The van der Waals surface area contributed by atoms with E-state index in [9.17, 15) is 29.3 Å². The zero-order valence-corrected chi connectivity index (χ0v) is 19.9. The van der Waals surface area contributed by atoms with E-state index in [0.29, 0.717) is 11.4 Å². The van der Waals surface area contributed by atoms with Crippen molar-refractivity contribution in [2.75, 3.05) is 25.1 Å². The fourth-order valence-corrected chi connectivity index (χ4v) is 4.03. The molecular weight excluding hydrogens is 465 g/mol. The highest BCUT2D eigenvalue weighted by Gasteiger charge is 2.29. The van der Waals surface area contributed by atoms with Gasteiger partial charge in [-0.15, -0.1) is 0 Å². The molecule has 0 saturated carbocycles. The number of aliphatic hydroxyl groups excluding tert-OH is 2. The first kappa shape index (κ1) is 25.6. The Morgan fingerprint density at radius 3 is 2.56 bits per heavy atom. The van der Waals surface area contributed by atoms with Gasteiger partial charge in [0.05, 0.1) is 29.7 Å². The SMILES string of the molecule is CC(C)(C)C(CO)n1cc(C(=O)O)c(=O)c2cc(Cc3cccc(Cl)c3F)c(NCCO)nc21. The maximum atomic E-state index is 14.6. The lowest BCUT2D eigenvalue weighted by atomic mass is 9.86. The summed E-state index contributed by atoms with van der Waals surface area (Å²) >= 11 is 5.91. The molecule has 34 heavy (non-hydrogen) atoms. The smallest absolute Gasteiger partial charge is 0.341 e. The summed E-state index contributed by atoms with van der Waals surface area (Å²) in [5, 5.41) is 32.0. The molecule has 0 saturated heterocycles. The lowest BCUT2D eigenvalue weighted by molar-refractivity contribution is 0.0692.